The van der Waals surface area contributed by atoms with Crippen LogP contribution in [-0.2, 0) is 22.0 Å². The van der Waals surface area contributed by atoms with Crippen LogP contribution in [-0.4, -0.2) is 19.4 Å². The average Bonchev–Trinajstić information content (AvgIpc) is 3.29. The molecule has 3 N–H and O–H groups in total. The van der Waals surface area contributed by atoms with Gasteiger partial charge in [-0.2, -0.15) is 0 Å². The highest BCUT2D eigenvalue weighted by Gasteiger charge is 2.06. The van der Waals surface area contributed by atoms with Crippen LogP contribution in [0.25, 0.3) is 21.7 Å². The first-order valence-corrected chi connectivity index (χ1v) is 13.0. The smallest absolute Gasteiger partial charge is 0.135 e. The highest BCUT2D eigenvalue weighted by molar-refractivity contribution is 7.83. The summed E-state index contributed by atoms with van der Waals surface area (Å²) in [6, 6.07) is 15.0. The standard InChI is InChI=1S/C12H14N2OS.C8H7NO2S.2C2H6/c1-9(2)14-16(15)12-4-3-10-5-6-13-8-11(10)7-12;9-12(10)7-2-1-6-3-4-11-8(6)5-7;2*1-2/h3-9,14H,1-2H3;1-5H,9H2;2*1-2H3. The molecular formula is C24H33N3O3S2. The summed E-state index contributed by atoms with van der Waals surface area (Å²) in [5.41, 5.74) is 0.714. The summed E-state index contributed by atoms with van der Waals surface area (Å²) in [5.74, 6) is 0. The third-order valence-electron chi connectivity index (χ3n) is 3.83. The van der Waals surface area contributed by atoms with Crippen LogP contribution >= 0.6 is 0 Å². The molecule has 2 atom stereocenters. The van der Waals surface area contributed by atoms with Crippen LogP contribution in [0.5, 0.6) is 0 Å². The molecule has 6 nitrogen and oxygen atoms in total. The lowest BCUT2D eigenvalue weighted by Crippen LogP contribution is -2.24. The summed E-state index contributed by atoms with van der Waals surface area (Å²) in [5, 5.41) is 8.32. The maximum absolute atomic E-state index is 11.9. The van der Waals surface area contributed by atoms with Gasteiger partial charge in [-0.15, -0.1) is 0 Å². The van der Waals surface area contributed by atoms with Gasteiger partial charge in [-0.05, 0) is 61.7 Å². The lowest BCUT2D eigenvalue weighted by atomic mass is 10.2. The van der Waals surface area contributed by atoms with Crippen molar-refractivity contribution in [1.82, 2.24) is 9.71 Å². The Morgan fingerprint density at radius 2 is 1.53 bits per heavy atom. The van der Waals surface area contributed by atoms with E-state index in [1.165, 1.54) is 0 Å². The molecule has 2 aromatic carbocycles. The molecule has 0 amide bonds. The number of hydrogen-bond acceptors (Lipinski definition) is 4. The molecule has 8 heteroatoms. The van der Waals surface area contributed by atoms with Crippen LogP contribution in [0.4, 0.5) is 0 Å². The SMILES string of the molecule is CC.CC.CC(C)NS(=O)c1ccc2ccncc2c1.NS(=O)c1ccc2ccoc2c1. The zero-order valence-corrected chi connectivity index (χ0v) is 21.1. The maximum Gasteiger partial charge on any atom is 0.135 e. The van der Waals surface area contributed by atoms with Crippen molar-refractivity contribution in [1.29, 1.82) is 0 Å². The van der Waals surface area contributed by atoms with Crippen molar-refractivity contribution >= 4 is 43.7 Å². The first-order valence-electron chi connectivity index (χ1n) is 10.6. The van der Waals surface area contributed by atoms with Gasteiger partial charge in [0.05, 0.1) is 16.1 Å². The Morgan fingerprint density at radius 3 is 2.19 bits per heavy atom. The molecule has 0 saturated heterocycles. The summed E-state index contributed by atoms with van der Waals surface area (Å²) in [6.07, 6.45) is 5.13. The van der Waals surface area contributed by atoms with Crippen LogP contribution in [0.3, 0.4) is 0 Å². The summed E-state index contributed by atoms with van der Waals surface area (Å²) in [7, 11) is -2.58. The topological polar surface area (TPSA) is 98.2 Å². The van der Waals surface area contributed by atoms with E-state index >= 15 is 0 Å². The predicted molar refractivity (Wildman–Crippen MR) is 136 cm³/mol. The van der Waals surface area contributed by atoms with E-state index in [9.17, 15) is 8.42 Å². The number of rotatable bonds is 4. The van der Waals surface area contributed by atoms with E-state index in [0.29, 0.717) is 10.5 Å². The Labute approximate surface area is 195 Å². The quantitative estimate of drug-likeness (QED) is 0.394. The van der Waals surface area contributed by atoms with Crippen molar-refractivity contribution < 1.29 is 12.8 Å². The molecule has 0 aliphatic carbocycles. The molecule has 2 aromatic heterocycles. The van der Waals surface area contributed by atoms with Crippen LogP contribution in [0.2, 0.25) is 0 Å². The van der Waals surface area contributed by atoms with Crippen LogP contribution < -0.4 is 9.86 Å². The number of pyridine rings is 1. The van der Waals surface area contributed by atoms with Crippen molar-refractivity contribution in [2.45, 2.75) is 57.4 Å². The van der Waals surface area contributed by atoms with Crippen LogP contribution in [0.1, 0.15) is 41.5 Å². The molecule has 4 rings (SSSR count). The molecule has 0 bridgehead atoms. The number of benzene rings is 2. The van der Waals surface area contributed by atoms with E-state index in [0.717, 1.165) is 21.1 Å². The minimum atomic E-state index is -1.43. The lowest BCUT2D eigenvalue weighted by molar-refractivity contribution is 0.614. The zero-order valence-electron chi connectivity index (χ0n) is 19.5. The lowest BCUT2D eigenvalue weighted by Gasteiger charge is -2.08. The van der Waals surface area contributed by atoms with Gasteiger partial charge in [0.25, 0.3) is 0 Å². The van der Waals surface area contributed by atoms with Crippen molar-refractivity contribution in [3.8, 4) is 0 Å². The number of nitrogens with zero attached hydrogens (tertiary/aromatic N) is 1. The van der Waals surface area contributed by atoms with Gasteiger partial charge in [0.2, 0.25) is 0 Å². The maximum atomic E-state index is 11.9. The van der Waals surface area contributed by atoms with Gasteiger partial charge in [0, 0.05) is 29.2 Å². The van der Waals surface area contributed by atoms with Crippen molar-refractivity contribution in [3.05, 3.63) is 67.2 Å². The summed E-state index contributed by atoms with van der Waals surface area (Å²) >= 11 is 0. The zero-order chi connectivity index (χ0) is 24.1. The Balaban J connectivity index is 0.000000285. The number of aromatic nitrogens is 1. The summed E-state index contributed by atoms with van der Waals surface area (Å²) in [6.45, 7) is 11.9. The Bertz CT molecular complexity index is 1140. The predicted octanol–water partition coefficient (Wildman–Crippen LogP) is 5.72. The second-order valence-electron chi connectivity index (χ2n) is 6.34. The van der Waals surface area contributed by atoms with Crippen LogP contribution in [0.15, 0.2) is 81.4 Å². The molecule has 174 valence electrons. The fourth-order valence-electron chi connectivity index (χ4n) is 2.52. The highest BCUT2D eigenvalue weighted by Crippen LogP contribution is 2.18. The minimum absolute atomic E-state index is 0.199. The molecule has 0 radical (unpaired) electrons. The fraction of sp³-hybridized carbons (Fsp3) is 0.292. The first kappa shape index (κ1) is 27.6. The molecule has 0 aliphatic heterocycles. The largest absolute Gasteiger partial charge is 0.464 e. The number of nitrogens with one attached hydrogen (secondary N) is 1. The van der Waals surface area contributed by atoms with Crippen LogP contribution in [0, 0.1) is 0 Å². The molecule has 2 heterocycles. The minimum Gasteiger partial charge on any atom is -0.464 e. The molecule has 0 fully saturated rings. The van der Waals surface area contributed by atoms with Crippen molar-refractivity contribution in [2.75, 3.05) is 0 Å². The molecule has 0 aliphatic rings. The second kappa shape index (κ2) is 14.6. The highest BCUT2D eigenvalue weighted by atomic mass is 32.2. The fourth-order valence-corrected chi connectivity index (χ4v) is 3.94. The monoisotopic (exact) mass is 475 g/mol. The van der Waals surface area contributed by atoms with Crippen molar-refractivity contribution in [2.24, 2.45) is 5.14 Å². The molecule has 0 spiro atoms. The third-order valence-corrected chi connectivity index (χ3v) is 5.91. The number of furan rings is 1. The van der Waals surface area contributed by atoms with Crippen molar-refractivity contribution in [3.63, 3.8) is 0 Å². The van der Waals surface area contributed by atoms with Gasteiger partial charge in [-0.3, -0.25) is 4.98 Å². The molecule has 0 saturated carbocycles. The Kier molecular flexibility index (Phi) is 12.6. The van der Waals surface area contributed by atoms with Gasteiger partial charge in [0.15, 0.2) is 0 Å². The van der Waals surface area contributed by atoms with Gasteiger partial charge in [-0.1, -0.05) is 33.8 Å². The summed E-state index contributed by atoms with van der Waals surface area (Å²) < 4.78 is 30.8. The average molecular weight is 476 g/mol. The molecule has 2 unspecified atom stereocenters. The Morgan fingerprint density at radius 1 is 0.875 bits per heavy atom. The number of nitrogens with two attached hydrogens (primary N) is 1. The van der Waals surface area contributed by atoms with E-state index in [-0.39, 0.29) is 6.04 Å². The van der Waals surface area contributed by atoms with E-state index in [4.69, 9.17) is 9.56 Å². The third kappa shape index (κ3) is 8.27. The first-order chi connectivity index (χ1) is 15.4. The normalized spacial score (nSPS) is 12.0. The van der Waals surface area contributed by atoms with Gasteiger partial charge in [-0.25, -0.2) is 18.3 Å². The molecule has 4 aromatic rings. The van der Waals surface area contributed by atoms with E-state index in [1.807, 2.05) is 77.9 Å². The molecule has 32 heavy (non-hydrogen) atoms. The number of hydrogen-bond donors (Lipinski definition) is 2. The Hall–Kier alpha value is -2.39. The van der Waals surface area contributed by atoms with Gasteiger partial charge in [0.1, 0.15) is 27.6 Å². The molecular weight excluding hydrogens is 442 g/mol. The second-order valence-corrected chi connectivity index (χ2v) is 8.65. The van der Waals surface area contributed by atoms with E-state index in [1.54, 1.807) is 30.8 Å². The van der Waals surface area contributed by atoms with Gasteiger partial charge >= 0.3 is 0 Å². The number of fused-ring (bicyclic) bond motifs is 2. The van der Waals surface area contributed by atoms with E-state index < -0.39 is 22.0 Å². The van der Waals surface area contributed by atoms with E-state index in [2.05, 4.69) is 9.71 Å². The van der Waals surface area contributed by atoms with Gasteiger partial charge < -0.3 is 4.42 Å². The summed E-state index contributed by atoms with van der Waals surface area (Å²) in [4.78, 5) is 5.42.